The molecule has 0 radical (unpaired) electrons. The van der Waals surface area contributed by atoms with Gasteiger partial charge >= 0.3 is 0 Å². The second kappa shape index (κ2) is 7.35. The lowest BCUT2D eigenvalue weighted by molar-refractivity contribution is 0.609. The summed E-state index contributed by atoms with van der Waals surface area (Å²) in [6.07, 6.45) is 3.17. The van der Waals surface area contributed by atoms with Gasteiger partial charge < -0.3 is 0 Å². The van der Waals surface area contributed by atoms with Gasteiger partial charge in [0.25, 0.3) is 0 Å². The first-order chi connectivity index (χ1) is 9.25. The number of hydrogen-bond donors (Lipinski definition) is 0. The molecule has 0 aliphatic rings. The molecule has 1 heteroatoms. The van der Waals surface area contributed by atoms with E-state index in [9.17, 15) is 0 Å². The standard InChI is InChI=1S/C18H21Cl/c1-15(17-10-6-3-7-11-17)12-13-18(19)14-16-8-4-2-5-9-16/h2-11,15,18H,12-14H2,1H3. The van der Waals surface area contributed by atoms with Gasteiger partial charge in [-0.1, -0.05) is 67.6 Å². The average molecular weight is 273 g/mol. The third kappa shape index (κ3) is 4.72. The molecule has 0 amide bonds. The summed E-state index contributed by atoms with van der Waals surface area (Å²) < 4.78 is 0. The Bertz CT molecular complexity index is 464. The van der Waals surface area contributed by atoms with Crippen molar-refractivity contribution in [1.82, 2.24) is 0 Å². The Morgan fingerprint density at radius 2 is 1.42 bits per heavy atom. The van der Waals surface area contributed by atoms with Gasteiger partial charge in [-0.15, -0.1) is 11.6 Å². The Labute approximate surface area is 121 Å². The van der Waals surface area contributed by atoms with Gasteiger partial charge in [0.2, 0.25) is 0 Å². The monoisotopic (exact) mass is 272 g/mol. The molecule has 19 heavy (non-hydrogen) atoms. The summed E-state index contributed by atoms with van der Waals surface area (Å²) in [7, 11) is 0. The van der Waals surface area contributed by atoms with Crippen LogP contribution in [0.1, 0.15) is 36.8 Å². The van der Waals surface area contributed by atoms with E-state index in [0.29, 0.717) is 5.92 Å². The lowest BCUT2D eigenvalue weighted by Crippen LogP contribution is -2.05. The first-order valence-electron chi connectivity index (χ1n) is 6.98. The zero-order valence-electron chi connectivity index (χ0n) is 11.4. The highest BCUT2D eigenvalue weighted by molar-refractivity contribution is 6.20. The number of hydrogen-bond acceptors (Lipinski definition) is 0. The summed E-state index contributed by atoms with van der Waals surface area (Å²) >= 11 is 6.45. The minimum absolute atomic E-state index is 0.230. The van der Waals surface area contributed by atoms with Crippen molar-refractivity contribution in [2.45, 2.75) is 37.5 Å². The number of rotatable bonds is 6. The Kier molecular flexibility index (Phi) is 5.47. The summed E-state index contributed by atoms with van der Waals surface area (Å²) in [6, 6.07) is 21.2. The summed E-state index contributed by atoms with van der Waals surface area (Å²) in [5, 5.41) is 0.230. The highest BCUT2D eigenvalue weighted by Gasteiger charge is 2.10. The minimum atomic E-state index is 0.230. The SMILES string of the molecule is CC(CCC(Cl)Cc1ccccc1)c1ccccc1. The molecule has 2 aromatic rings. The van der Waals surface area contributed by atoms with E-state index < -0.39 is 0 Å². The fourth-order valence-electron chi connectivity index (χ4n) is 2.35. The normalized spacial score (nSPS) is 14.0. The van der Waals surface area contributed by atoms with Crippen LogP contribution in [0.3, 0.4) is 0 Å². The van der Waals surface area contributed by atoms with Crippen molar-refractivity contribution in [3.05, 3.63) is 71.8 Å². The molecule has 0 spiro atoms. The summed E-state index contributed by atoms with van der Waals surface area (Å²) in [5.41, 5.74) is 2.74. The van der Waals surface area contributed by atoms with E-state index >= 15 is 0 Å². The Balaban J connectivity index is 1.79. The predicted molar refractivity (Wildman–Crippen MR) is 83.9 cm³/mol. The third-order valence-electron chi connectivity index (χ3n) is 3.58. The fourth-order valence-corrected chi connectivity index (χ4v) is 2.66. The quantitative estimate of drug-likeness (QED) is 0.616. The van der Waals surface area contributed by atoms with E-state index in [2.05, 4.69) is 61.5 Å². The number of benzene rings is 2. The maximum absolute atomic E-state index is 6.45. The first-order valence-corrected chi connectivity index (χ1v) is 7.42. The van der Waals surface area contributed by atoms with E-state index in [0.717, 1.165) is 19.3 Å². The topological polar surface area (TPSA) is 0 Å². The van der Waals surface area contributed by atoms with Crippen LogP contribution in [0.15, 0.2) is 60.7 Å². The van der Waals surface area contributed by atoms with Gasteiger partial charge in [-0.25, -0.2) is 0 Å². The Hall–Kier alpha value is -1.27. The van der Waals surface area contributed by atoms with Crippen molar-refractivity contribution in [2.24, 2.45) is 0 Å². The molecular weight excluding hydrogens is 252 g/mol. The second-order valence-electron chi connectivity index (χ2n) is 5.18. The molecule has 0 saturated heterocycles. The minimum Gasteiger partial charge on any atom is -0.123 e. The Morgan fingerprint density at radius 3 is 2.05 bits per heavy atom. The Morgan fingerprint density at radius 1 is 0.842 bits per heavy atom. The molecule has 2 rings (SSSR count). The van der Waals surface area contributed by atoms with Gasteiger partial charge in [0.05, 0.1) is 0 Å². The highest BCUT2D eigenvalue weighted by atomic mass is 35.5. The van der Waals surface area contributed by atoms with E-state index in [-0.39, 0.29) is 5.38 Å². The van der Waals surface area contributed by atoms with Gasteiger partial charge in [-0.2, -0.15) is 0 Å². The van der Waals surface area contributed by atoms with Crippen LogP contribution in [0.4, 0.5) is 0 Å². The molecule has 0 aliphatic heterocycles. The molecule has 2 aromatic carbocycles. The van der Waals surface area contributed by atoms with Crippen molar-refractivity contribution >= 4 is 11.6 Å². The molecule has 0 nitrogen and oxygen atoms in total. The van der Waals surface area contributed by atoms with Crippen LogP contribution >= 0.6 is 11.6 Å². The average Bonchev–Trinajstić information content (AvgIpc) is 2.47. The molecule has 0 fully saturated rings. The van der Waals surface area contributed by atoms with Crippen LogP contribution in [-0.4, -0.2) is 5.38 Å². The van der Waals surface area contributed by atoms with Gasteiger partial charge in [-0.3, -0.25) is 0 Å². The van der Waals surface area contributed by atoms with Gasteiger partial charge in [0, 0.05) is 5.38 Å². The molecule has 2 unspecified atom stereocenters. The molecule has 0 bridgehead atoms. The number of alkyl halides is 1. The summed E-state index contributed by atoms with van der Waals surface area (Å²) in [5.74, 6) is 0.582. The van der Waals surface area contributed by atoms with E-state index in [4.69, 9.17) is 11.6 Å². The fraction of sp³-hybridized carbons (Fsp3) is 0.333. The maximum Gasteiger partial charge on any atom is 0.0376 e. The highest BCUT2D eigenvalue weighted by Crippen LogP contribution is 2.23. The molecule has 0 saturated carbocycles. The van der Waals surface area contributed by atoms with Crippen molar-refractivity contribution in [3.8, 4) is 0 Å². The van der Waals surface area contributed by atoms with E-state index in [1.165, 1.54) is 11.1 Å². The predicted octanol–water partition coefficient (Wildman–Crippen LogP) is 5.42. The second-order valence-corrected chi connectivity index (χ2v) is 5.79. The van der Waals surface area contributed by atoms with Gasteiger partial charge in [-0.05, 0) is 36.3 Å². The molecule has 0 heterocycles. The molecule has 2 atom stereocenters. The van der Waals surface area contributed by atoms with Crippen molar-refractivity contribution in [2.75, 3.05) is 0 Å². The van der Waals surface area contributed by atoms with Crippen LogP contribution in [0.2, 0.25) is 0 Å². The maximum atomic E-state index is 6.45. The summed E-state index contributed by atoms with van der Waals surface area (Å²) in [4.78, 5) is 0. The lowest BCUT2D eigenvalue weighted by atomic mass is 9.94. The van der Waals surface area contributed by atoms with Gasteiger partial charge in [0.1, 0.15) is 0 Å². The van der Waals surface area contributed by atoms with Crippen LogP contribution in [-0.2, 0) is 6.42 Å². The smallest absolute Gasteiger partial charge is 0.0376 e. The van der Waals surface area contributed by atoms with E-state index in [1.807, 2.05) is 6.07 Å². The molecular formula is C18H21Cl. The lowest BCUT2D eigenvalue weighted by Gasteiger charge is -2.14. The van der Waals surface area contributed by atoms with Crippen molar-refractivity contribution in [1.29, 1.82) is 0 Å². The van der Waals surface area contributed by atoms with Crippen molar-refractivity contribution < 1.29 is 0 Å². The van der Waals surface area contributed by atoms with Crippen molar-refractivity contribution in [3.63, 3.8) is 0 Å². The number of halogens is 1. The van der Waals surface area contributed by atoms with E-state index in [1.54, 1.807) is 0 Å². The van der Waals surface area contributed by atoms with Crippen LogP contribution in [0.25, 0.3) is 0 Å². The zero-order chi connectivity index (χ0) is 13.5. The molecule has 100 valence electrons. The first kappa shape index (κ1) is 14.1. The zero-order valence-corrected chi connectivity index (χ0v) is 12.2. The third-order valence-corrected chi connectivity index (χ3v) is 3.95. The molecule has 0 aromatic heterocycles. The molecule has 0 N–H and O–H groups in total. The van der Waals surface area contributed by atoms with Crippen LogP contribution < -0.4 is 0 Å². The molecule has 0 aliphatic carbocycles. The van der Waals surface area contributed by atoms with Crippen LogP contribution in [0.5, 0.6) is 0 Å². The van der Waals surface area contributed by atoms with Crippen LogP contribution in [0, 0.1) is 0 Å². The van der Waals surface area contributed by atoms with Gasteiger partial charge in [0.15, 0.2) is 0 Å². The largest absolute Gasteiger partial charge is 0.123 e. The summed E-state index contributed by atoms with van der Waals surface area (Å²) in [6.45, 7) is 2.28.